The molecule has 3 rings (SSSR count). The normalized spacial score (nSPS) is 20.5. The first-order chi connectivity index (χ1) is 17.4. The van der Waals surface area contributed by atoms with Crippen molar-refractivity contribution in [2.75, 3.05) is 53.0 Å². The molecule has 1 aromatic rings. The second-order valence-electron chi connectivity index (χ2n) is 9.93. The average Bonchev–Trinajstić information content (AvgIpc) is 2.84. The number of hydrogen-bond donors (Lipinski definition) is 4. The molecule has 0 radical (unpaired) electrons. The van der Waals surface area contributed by atoms with Crippen LogP contribution in [0.1, 0.15) is 49.3 Å². The minimum Gasteiger partial charge on any atom is -0.465 e. The highest BCUT2D eigenvalue weighted by Gasteiger charge is 2.32. The number of piperidine rings is 1. The number of aryl methyl sites for hydroxylation is 1. The Hall–Kier alpha value is -2.43. The van der Waals surface area contributed by atoms with Crippen molar-refractivity contribution in [3.8, 4) is 0 Å². The summed E-state index contributed by atoms with van der Waals surface area (Å²) in [5.74, 6) is 0.171. The summed E-state index contributed by atoms with van der Waals surface area (Å²) in [6, 6.07) is 4.78. The molecule has 0 bridgehead atoms. The Morgan fingerprint density at radius 3 is 2.72 bits per heavy atom. The van der Waals surface area contributed by atoms with E-state index in [9.17, 15) is 14.0 Å². The molecule has 2 saturated heterocycles. The minimum absolute atomic E-state index is 0.0333. The molecule has 4 N–H and O–H groups in total. The van der Waals surface area contributed by atoms with Crippen LogP contribution in [-0.2, 0) is 9.47 Å². The van der Waals surface area contributed by atoms with Crippen molar-refractivity contribution in [2.24, 2.45) is 11.8 Å². The second kappa shape index (κ2) is 14.3. The van der Waals surface area contributed by atoms with Gasteiger partial charge in [-0.3, -0.25) is 0 Å². The maximum atomic E-state index is 14.2. The molecule has 0 saturated carbocycles. The highest BCUT2D eigenvalue weighted by atomic mass is 19.1. The van der Waals surface area contributed by atoms with E-state index in [4.69, 9.17) is 14.6 Å². The standard InChI is InChI=1S/C26H41FN4O5/c1-18-12-21(15-22(27)13-18)24(36-11-7-29-26(33)34)20-4-3-8-31(17-20)25(32)30-23(16-28-2)14-19-5-9-35-10-6-19/h12-13,15,19-20,23-24,28-29H,3-11,14,16-17H2,1-2H3,(H,30,32)(H,33,34)/t20-,23+,24-/m1/s1. The van der Waals surface area contributed by atoms with E-state index in [1.807, 2.05) is 24.9 Å². The summed E-state index contributed by atoms with van der Waals surface area (Å²) in [5, 5.41) is 17.6. The zero-order valence-corrected chi connectivity index (χ0v) is 21.4. The molecule has 0 aromatic heterocycles. The first kappa shape index (κ1) is 28.1. The number of carbonyl (C=O) groups is 2. The number of likely N-dealkylation sites (tertiary alicyclic amines) is 1. The van der Waals surface area contributed by atoms with Crippen molar-refractivity contribution >= 4 is 12.1 Å². The summed E-state index contributed by atoms with van der Waals surface area (Å²) in [6.45, 7) is 5.52. The molecule has 1 aromatic carbocycles. The summed E-state index contributed by atoms with van der Waals surface area (Å²) in [5.41, 5.74) is 1.50. The summed E-state index contributed by atoms with van der Waals surface area (Å²) >= 11 is 0. The van der Waals surface area contributed by atoms with E-state index >= 15 is 0 Å². The molecular weight excluding hydrogens is 467 g/mol. The van der Waals surface area contributed by atoms with Gasteiger partial charge in [-0.1, -0.05) is 6.07 Å². The van der Waals surface area contributed by atoms with Crippen molar-refractivity contribution in [3.63, 3.8) is 0 Å². The van der Waals surface area contributed by atoms with Crippen LogP contribution >= 0.6 is 0 Å². The molecule has 10 heteroatoms. The lowest BCUT2D eigenvalue weighted by Gasteiger charge is -2.38. The monoisotopic (exact) mass is 508 g/mol. The smallest absolute Gasteiger partial charge is 0.404 e. The van der Waals surface area contributed by atoms with Gasteiger partial charge < -0.3 is 35.4 Å². The lowest BCUT2D eigenvalue weighted by Crippen LogP contribution is -2.52. The molecule has 3 atom stereocenters. The van der Waals surface area contributed by atoms with Crippen molar-refractivity contribution in [3.05, 3.63) is 35.1 Å². The maximum Gasteiger partial charge on any atom is 0.404 e. The Morgan fingerprint density at radius 1 is 1.25 bits per heavy atom. The van der Waals surface area contributed by atoms with Gasteiger partial charge in [0.25, 0.3) is 0 Å². The van der Waals surface area contributed by atoms with E-state index in [2.05, 4.69) is 16.0 Å². The molecule has 0 aliphatic carbocycles. The predicted molar refractivity (Wildman–Crippen MR) is 135 cm³/mol. The quantitative estimate of drug-likeness (QED) is 0.341. The van der Waals surface area contributed by atoms with Gasteiger partial charge in [-0.05, 0) is 75.3 Å². The lowest BCUT2D eigenvalue weighted by atomic mass is 9.87. The van der Waals surface area contributed by atoms with E-state index in [0.717, 1.165) is 50.9 Å². The number of rotatable bonds is 11. The summed E-state index contributed by atoms with van der Waals surface area (Å²) in [7, 11) is 1.89. The van der Waals surface area contributed by atoms with Crippen molar-refractivity contribution in [2.45, 2.75) is 51.2 Å². The van der Waals surface area contributed by atoms with Gasteiger partial charge >= 0.3 is 12.1 Å². The van der Waals surface area contributed by atoms with E-state index in [1.165, 1.54) is 12.1 Å². The van der Waals surface area contributed by atoms with Gasteiger partial charge in [0.2, 0.25) is 0 Å². The van der Waals surface area contributed by atoms with E-state index in [-0.39, 0.29) is 37.0 Å². The summed E-state index contributed by atoms with van der Waals surface area (Å²) in [6.07, 6.45) is 3.04. The third-order valence-corrected chi connectivity index (χ3v) is 6.98. The van der Waals surface area contributed by atoms with Crippen LogP contribution in [0.25, 0.3) is 0 Å². The molecule has 2 fully saturated rings. The molecule has 9 nitrogen and oxygen atoms in total. The summed E-state index contributed by atoms with van der Waals surface area (Å²) < 4.78 is 25.8. The van der Waals surface area contributed by atoms with Gasteiger partial charge in [0.05, 0.1) is 12.7 Å². The Bertz CT molecular complexity index is 831. The number of carboxylic acid groups (broad SMARTS) is 1. The van der Waals surface area contributed by atoms with Crippen LogP contribution in [0, 0.1) is 24.6 Å². The Morgan fingerprint density at radius 2 is 2.03 bits per heavy atom. The maximum absolute atomic E-state index is 14.2. The fourth-order valence-corrected chi connectivity index (χ4v) is 5.31. The third kappa shape index (κ3) is 8.90. The van der Waals surface area contributed by atoms with Crippen LogP contribution in [0.15, 0.2) is 18.2 Å². The number of amides is 3. The van der Waals surface area contributed by atoms with Gasteiger partial charge in [0.1, 0.15) is 5.82 Å². The topological polar surface area (TPSA) is 112 Å². The number of halogens is 1. The summed E-state index contributed by atoms with van der Waals surface area (Å²) in [4.78, 5) is 25.9. The van der Waals surface area contributed by atoms with Crippen molar-refractivity contribution in [1.82, 2.24) is 20.9 Å². The fourth-order valence-electron chi connectivity index (χ4n) is 5.31. The molecule has 202 valence electrons. The largest absolute Gasteiger partial charge is 0.465 e. The van der Waals surface area contributed by atoms with E-state index < -0.39 is 12.2 Å². The molecule has 0 unspecified atom stereocenters. The van der Waals surface area contributed by atoms with Crippen LogP contribution in [0.3, 0.4) is 0 Å². The number of ether oxygens (including phenoxy) is 2. The number of nitrogens with one attached hydrogen (secondary N) is 3. The zero-order chi connectivity index (χ0) is 25.9. The second-order valence-corrected chi connectivity index (χ2v) is 9.93. The molecule has 2 heterocycles. The lowest BCUT2D eigenvalue weighted by molar-refractivity contribution is -0.00874. The Labute approximate surface area is 213 Å². The molecular formula is C26H41FN4O5. The van der Waals surface area contributed by atoms with Crippen LogP contribution in [0.4, 0.5) is 14.0 Å². The van der Waals surface area contributed by atoms with Crippen LogP contribution in [0.5, 0.6) is 0 Å². The van der Waals surface area contributed by atoms with Gasteiger partial charge in [-0.2, -0.15) is 0 Å². The highest BCUT2D eigenvalue weighted by Crippen LogP contribution is 2.34. The Kier molecular flexibility index (Phi) is 11.2. The number of urea groups is 1. The SMILES string of the molecule is CNC[C@H](CC1CCOCC1)NC(=O)N1CCC[C@@H]([C@@H](OCCNC(=O)O)c2cc(C)cc(F)c2)C1. The van der Waals surface area contributed by atoms with Crippen LogP contribution in [-0.4, -0.2) is 81.2 Å². The van der Waals surface area contributed by atoms with Crippen LogP contribution in [0.2, 0.25) is 0 Å². The predicted octanol–water partition coefficient (Wildman–Crippen LogP) is 3.29. The minimum atomic E-state index is -1.12. The number of nitrogens with zero attached hydrogens (tertiary/aromatic N) is 1. The van der Waals surface area contributed by atoms with Gasteiger partial charge in [0.15, 0.2) is 0 Å². The third-order valence-electron chi connectivity index (χ3n) is 6.98. The number of hydrogen-bond acceptors (Lipinski definition) is 5. The molecule has 36 heavy (non-hydrogen) atoms. The highest BCUT2D eigenvalue weighted by molar-refractivity contribution is 5.74. The van der Waals surface area contributed by atoms with Gasteiger partial charge in [-0.15, -0.1) is 0 Å². The van der Waals surface area contributed by atoms with E-state index in [0.29, 0.717) is 31.1 Å². The number of likely N-dealkylation sites (N-methyl/N-ethyl adjacent to an activating group) is 1. The number of benzene rings is 1. The van der Waals surface area contributed by atoms with Crippen LogP contribution < -0.4 is 16.0 Å². The van der Waals surface area contributed by atoms with E-state index in [1.54, 1.807) is 0 Å². The number of carbonyl (C=O) groups excluding carboxylic acids is 1. The zero-order valence-electron chi connectivity index (χ0n) is 21.4. The first-order valence-corrected chi connectivity index (χ1v) is 13.0. The van der Waals surface area contributed by atoms with Crippen molar-refractivity contribution < 1.29 is 28.6 Å². The van der Waals surface area contributed by atoms with Gasteiger partial charge in [-0.25, -0.2) is 14.0 Å². The van der Waals surface area contributed by atoms with Gasteiger partial charge in [0, 0.05) is 51.4 Å². The van der Waals surface area contributed by atoms with Crippen molar-refractivity contribution in [1.29, 1.82) is 0 Å². The average molecular weight is 509 g/mol. The molecule has 2 aliphatic rings. The first-order valence-electron chi connectivity index (χ1n) is 13.0. The molecule has 3 amide bonds. The molecule has 2 aliphatic heterocycles. The fraction of sp³-hybridized carbons (Fsp3) is 0.692. The Balaban J connectivity index is 1.65. The molecule has 0 spiro atoms.